The van der Waals surface area contributed by atoms with E-state index in [-0.39, 0.29) is 12.6 Å². The van der Waals surface area contributed by atoms with Crippen LogP contribution in [0.1, 0.15) is 43.8 Å². The molecule has 0 atom stereocenters. The van der Waals surface area contributed by atoms with Crippen molar-refractivity contribution in [2.45, 2.75) is 51.2 Å². The molecule has 2 aliphatic rings. The normalized spacial score (nSPS) is 20.7. The quantitative estimate of drug-likeness (QED) is 0.846. The summed E-state index contributed by atoms with van der Waals surface area (Å²) in [4.78, 5) is 20.7. The van der Waals surface area contributed by atoms with Crippen LogP contribution in [-0.4, -0.2) is 58.2 Å². The molecule has 0 bridgehead atoms. The standard InChI is InChI=1S/C15H26N6O2/c16-10-14-18-13(19-23-14)11-20-6-8-21(9-7-20)15(22)17-12-4-2-1-3-5-12/h12H,1-11,16H2,(H,17,22). The summed E-state index contributed by atoms with van der Waals surface area (Å²) in [6, 6.07) is 0.449. The van der Waals surface area contributed by atoms with Gasteiger partial charge in [0.05, 0.1) is 13.1 Å². The molecule has 0 unspecified atom stereocenters. The van der Waals surface area contributed by atoms with E-state index in [1.54, 1.807) is 0 Å². The second-order valence-electron chi connectivity index (χ2n) is 6.36. The first kappa shape index (κ1) is 16.2. The highest BCUT2D eigenvalue weighted by molar-refractivity contribution is 5.74. The van der Waals surface area contributed by atoms with Gasteiger partial charge in [-0.25, -0.2) is 4.79 Å². The van der Waals surface area contributed by atoms with E-state index in [9.17, 15) is 4.79 Å². The summed E-state index contributed by atoms with van der Waals surface area (Å²) in [5, 5.41) is 7.09. The molecular weight excluding hydrogens is 296 g/mol. The number of hydrogen-bond acceptors (Lipinski definition) is 6. The summed E-state index contributed by atoms with van der Waals surface area (Å²) >= 11 is 0. The van der Waals surface area contributed by atoms with Crippen LogP contribution in [0.5, 0.6) is 0 Å². The number of aromatic nitrogens is 2. The maximum absolute atomic E-state index is 12.3. The summed E-state index contributed by atoms with van der Waals surface area (Å²) in [7, 11) is 0. The number of nitrogens with zero attached hydrogens (tertiary/aromatic N) is 4. The zero-order valence-electron chi connectivity index (χ0n) is 13.5. The first-order valence-corrected chi connectivity index (χ1v) is 8.54. The van der Waals surface area contributed by atoms with Gasteiger partial charge in [-0.15, -0.1) is 0 Å². The zero-order valence-corrected chi connectivity index (χ0v) is 13.5. The van der Waals surface area contributed by atoms with E-state index < -0.39 is 0 Å². The fourth-order valence-electron chi connectivity index (χ4n) is 3.26. The highest BCUT2D eigenvalue weighted by Gasteiger charge is 2.24. The minimum absolute atomic E-state index is 0.0847. The maximum Gasteiger partial charge on any atom is 0.317 e. The van der Waals surface area contributed by atoms with Crippen LogP contribution in [0.4, 0.5) is 4.79 Å². The zero-order chi connectivity index (χ0) is 16.1. The van der Waals surface area contributed by atoms with E-state index in [1.165, 1.54) is 19.3 Å². The third-order valence-electron chi connectivity index (χ3n) is 4.64. The van der Waals surface area contributed by atoms with Gasteiger partial charge in [0.2, 0.25) is 5.89 Å². The molecule has 1 aliphatic heterocycles. The molecule has 0 spiro atoms. The van der Waals surface area contributed by atoms with Gasteiger partial charge in [-0.3, -0.25) is 4.90 Å². The van der Waals surface area contributed by atoms with Gasteiger partial charge in [-0.1, -0.05) is 24.4 Å². The third-order valence-corrected chi connectivity index (χ3v) is 4.64. The van der Waals surface area contributed by atoms with Crippen molar-refractivity contribution in [3.63, 3.8) is 0 Å². The predicted molar refractivity (Wildman–Crippen MR) is 84.4 cm³/mol. The van der Waals surface area contributed by atoms with E-state index in [2.05, 4.69) is 20.4 Å². The van der Waals surface area contributed by atoms with Gasteiger partial charge in [-0.05, 0) is 12.8 Å². The number of urea groups is 1. The molecule has 8 nitrogen and oxygen atoms in total. The van der Waals surface area contributed by atoms with Crippen LogP contribution in [0.3, 0.4) is 0 Å². The highest BCUT2D eigenvalue weighted by Crippen LogP contribution is 2.17. The van der Waals surface area contributed by atoms with Crippen molar-refractivity contribution in [3.8, 4) is 0 Å². The number of carbonyl (C=O) groups excluding carboxylic acids is 1. The van der Waals surface area contributed by atoms with Gasteiger partial charge >= 0.3 is 6.03 Å². The van der Waals surface area contributed by atoms with Crippen molar-refractivity contribution in [1.29, 1.82) is 0 Å². The summed E-state index contributed by atoms with van der Waals surface area (Å²) in [6.45, 7) is 4.03. The van der Waals surface area contributed by atoms with Gasteiger partial charge in [0.25, 0.3) is 0 Å². The summed E-state index contributed by atoms with van der Waals surface area (Å²) in [6.07, 6.45) is 6.00. The number of hydrogen-bond donors (Lipinski definition) is 2. The van der Waals surface area contributed by atoms with Gasteiger partial charge in [0.15, 0.2) is 5.82 Å². The molecule has 8 heteroatoms. The third kappa shape index (κ3) is 4.42. The first-order valence-electron chi connectivity index (χ1n) is 8.54. The molecule has 1 aromatic heterocycles. The van der Waals surface area contributed by atoms with Crippen LogP contribution >= 0.6 is 0 Å². The number of rotatable bonds is 4. The van der Waals surface area contributed by atoms with Crippen LogP contribution in [0.25, 0.3) is 0 Å². The van der Waals surface area contributed by atoms with E-state index in [0.717, 1.165) is 39.0 Å². The lowest BCUT2D eigenvalue weighted by molar-refractivity contribution is 0.129. The Kier molecular flexibility index (Phi) is 5.45. The van der Waals surface area contributed by atoms with E-state index in [0.29, 0.717) is 24.3 Å². The van der Waals surface area contributed by atoms with Gasteiger partial charge in [0.1, 0.15) is 0 Å². The molecule has 3 N–H and O–H groups in total. The lowest BCUT2D eigenvalue weighted by Gasteiger charge is -2.35. The number of piperazine rings is 1. The Labute approximate surface area is 136 Å². The summed E-state index contributed by atoms with van der Waals surface area (Å²) < 4.78 is 5.01. The molecule has 0 aromatic carbocycles. The lowest BCUT2D eigenvalue weighted by atomic mass is 9.96. The minimum atomic E-state index is 0.0847. The Bertz CT molecular complexity index is 506. The second kappa shape index (κ2) is 7.74. The average Bonchev–Trinajstić information content (AvgIpc) is 3.04. The molecule has 23 heavy (non-hydrogen) atoms. The second-order valence-corrected chi connectivity index (χ2v) is 6.36. The Morgan fingerprint density at radius 2 is 1.96 bits per heavy atom. The topological polar surface area (TPSA) is 101 Å². The van der Waals surface area contributed by atoms with Crippen LogP contribution < -0.4 is 11.1 Å². The number of nitrogens with one attached hydrogen (secondary N) is 1. The smallest absolute Gasteiger partial charge is 0.317 e. The van der Waals surface area contributed by atoms with E-state index in [4.69, 9.17) is 10.3 Å². The van der Waals surface area contributed by atoms with Gasteiger partial charge in [-0.2, -0.15) is 4.98 Å². The molecule has 2 amide bonds. The summed E-state index contributed by atoms with van der Waals surface area (Å²) in [5.74, 6) is 1.12. The predicted octanol–water partition coefficient (Wildman–Crippen LogP) is 0.688. The maximum atomic E-state index is 12.3. The molecule has 0 radical (unpaired) electrons. The molecule has 2 fully saturated rings. The number of nitrogens with two attached hydrogens (primary N) is 1. The Balaban J connectivity index is 1.41. The lowest BCUT2D eigenvalue weighted by Crippen LogP contribution is -2.53. The molecule has 2 heterocycles. The molecule has 1 saturated heterocycles. The highest BCUT2D eigenvalue weighted by atomic mass is 16.5. The Morgan fingerprint density at radius 3 is 2.61 bits per heavy atom. The van der Waals surface area contributed by atoms with Crippen LogP contribution in [0, 0.1) is 0 Å². The molecule has 1 aromatic rings. The SMILES string of the molecule is NCc1nc(CN2CCN(C(=O)NC3CCCCC3)CC2)no1. The molecule has 1 saturated carbocycles. The van der Waals surface area contributed by atoms with Crippen molar-refractivity contribution >= 4 is 6.03 Å². The average molecular weight is 322 g/mol. The van der Waals surface area contributed by atoms with Crippen molar-refractivity contribution in [2.24, 2.45) is 5.73 Å². The van der Waals surface area contributed by atoms with E-state index >= 15 is 0 Å². The monoisotopic (exact) mass is 322 g/mol. The minimum Gasteiger partial charge on any atom is -0.338 e. The molecular formula is C15H26N6O2. The van der Waals surface area contributed by atoms with Gasteiger partial charge in [0, 0.05) is 32.2 Å². The van der Waals surface area contributed by atoms with Crippen molar-refractivity contribution < 1.29 is 9.32 Å². The van der Waals surface area contributed by atoms with Crippen molar-refractivity contribution in [2.75, 3.05) is 26.2 Å². The molecule has 3 rings (SSSR count). The van der Waals surface area contributed by atoms with Crippen molar-refractivity contribution in [3.05, 3.63) is 11.7 Å². The van der Waals surface area contributed by atoms with Gasteiger partial charge < -0.3 is 20.5 Å². The molecule has 1 aliphatic carbocycles. The van der Waals surface area contributed by atoms with Crippen LogP contribution in [0.15, 0.2) is 4.52 Å². The van der Waals surface area contributed by atoms with Crippen LogP contribution in [-0.2, 0) is 13.1 Å². The number of amides is 2. The largest absolute Gasteiger partial charge is 0.338 e. The Morgan fingerprint density at radius 1 is 1.22 bits per heavy atom. The number of carbonyl (C=O) groups is 1. The fraction of sp³-hybridized carbons (Fsp3) is 0.800. The molecule has 128 valence electrons. The fourth-order valence-corrected chi connectivity index (χ4v) is 3.26. The van der Waals surface area contributed by atoms with Crippen LogP contribution in [0.2, 0.25) is 0 Å². The first-order chi connectivity index (χ1) is 11.2. The van der Waals surface area contributed by atoms with E-state index in [1.807, 2.05) is 4.90 Å². The van der Waals surface area contributed by atoms with Crippen molar-refractivity contribution in [1.82, 2.24) is 25.3 Å². The summed E-state index contributed by atoms with van der Waals surface area (Å²) in [5.41, 5.74) is 5.46. The Hall–Kier alpha value is -1.67.